The van der Waals surface area contributed by atoms with Gasteiger partial charge in [-0.25, -0.2) is 8.78 Å². The maximum absolute atomic E-state index is 15.0. The number of carbonyl (C=O) groups excluding carboxylic acids is 1. The van der Waals surface area contributed by atoms with Gasteiger partial charge in [-0.05, 0) is 65.2 Å². The highest BCUT2D eigenvalue weighted by molar-refractivity contribution is 5.95. The van der Waals surface area contributed by atoms with Crippen molar-refractivity contribution < 1.29 is 40.6 Å². The van der Waals surface area contributed by atoms with Crippen LogP contribution in [0.4, 0.5) is 32.0 Å². The number of rotatable bonds is 10. The Morgan fingerprint density at radius 1 is 0.841 bits per heavy atom. The predicted molar refractivity (Wildman–Crippen MR) is 152 cm³/mol. The Kier molecular flexibility index (Phi) is 9.14. The number of anilines is 1. The zero-order valence-corrected chi connectivity index (χ0v) is 23.3. The number of hydrogen-bond acceptors (Lipinski definition) is 4. The van der Waals surface area contributed by atoms with Crippen LogP contribution in [-0.2, 0) is 16.7 Å². The van der Waals surface area contributed by atoms with Gasteiger partial charge in [0.15, 0.2) is 0 Å². The van der Waals surface area contributed by atoms with Crippen molar-refractivity contribution in [2.45, 2.75) is 24.5 Å². The van der Waals surface area contributed by atoms with E-state index < -0.39 is 41.4 Å². The average Bonchev–Trinajstić information content (AvgIpc) is 3.01. The van der Waals surface area contributed by atoms with E-state index in [1.807, 2.05) is 0 Å². The van der Waals surface area contributed by atoms with E-state index >= 15 is 4.39 Å². The third-order valence-electron chi connectivity index (χ3n) is 7.35. The Hall–Kier alpha value is -4.51. The normalized spacial score (nSPS) is 15.1. The van der Waals surface area contributed by atoms with Gasteiger partial charge < -0.3 is 19.7 Å². The van der Waals surface area contributed by atoms with Gasteiger partial charge in [-0.2, -0.15) is 17.6 Å². The molecular formula is C33H28F6N2O3. The molecule has 44 heavy (non-hydrogen) atoms. The highest BCUT2D eigenvalue weighted by Gasteiger charge is 2.45. The molecule has 4 aromatic rings. The molecule has 0 radical (unpaired) electrons. The van der Waals surface area contributed by atoms with E-state index in [4.69, 9.17) is 4.74 Å². The molecule has 0 aliphatic carbocycles. The summed E-state index contributed by atoms with van der Waals surface area (Å²) in [7, 11) is 0. The zero-order valence-electron chi connectivity index (χ0n) is 23.3. The molecule has 1 saturated heterocycles. The Morgan fingerprint density at radius 2 is 1.50 bits per heavy atom. The molecule has 0 saturated carbocycles. The molecule has 1 aliphatic heterocycles. The van der Waals surface area contributed by atoms with Crippen LogP contribution in [0.2, 0.25) is 0 Å². The van der Waals surface area contributed by atoms with Crippen LogP contribution < -0.4 is 15.0 Å². The van der Waals surface area contributed by atoms with Crippen molar-refractivity contribution in [3.8, 4) is 5.75 Å². The summed E-state index contributed by atoms with van der Waals surface area (Å²) in [5, 5.41) is 2.93. The molecule has 1 amide bonds. The van der Waals surface area contributed by atoms with Crippen LogP contribution in [0.25, 0.3) is 0 Å². The Balaban J connectivity index is 1.61. The Bertz CT molecular complexity index is 1560. The minimum absolute atomic E-state index is 0.0504. The van der Waals surface area contributed by atoms with Crippen LogP contribution in [0.5, 0.6) is 5.75 Å². The van der Waals surface area contributed by atoms with Gasteiger partial charge in [0, 0.05) is 36.8 Å². The fraction of sp³-hybridized carbons (Fsp3) is 0.242. The van der Waals surface area contributed by atoms with Crippen LogP contribution in [0.1, 0.15) is 27.0 Å². The molecule has 1 fully saturated rings. The number of amides is 1. The van der Waals surface area contributed by atoms with Gasteiger partial charge in [-0.3, -0.25) is 4.79 Å². The number of alkyl halides is 4. The number of halogens is 6. The maximum atomic E-state index is 15.0. The molecular weight excluding hydrogens is 586 g/mol. The molecule has 1 aliphatic rings. The van der Waals surface area contributed by atoms with Gasteiger partial charge in [0.25, 0.3) is 5.91 Å². The third-order valence-corrected chi connectivity index (χ3v) is 7.35. The highest BCUT2D eigenvalue weighted by atomic mass is 19.3. The fourth-order valence-electron chi connectivity index (χ4n) is 5.18. The van der Waals surface area contributed by atoms with E-state index in [1.165, 1.54) is 12.1 Å². The summed E-state index contributed by atoms with van der Waals surface area (Å²) < 4.78 is 92.4. The molecule has 1 atom stereocenters. The minimum atomic E-state index is -4.91. The van der Waals surface area contributed by atoms with Crippen LogP contribution in [0, 0.1) is 11.6 Å². The molecule has 0 bridgehead atoms. The van der Waals surface area contributed by atoms with Crippen molar-refractivity contribution in [2.24, 2.45) is 0 Å². The van der Waals surface area contributed by atoms with E-state index in [0.29, 0.717) is 37.9 Å². The van der Waals surface area contributed by atoms with Gasteiger partial charge in [0.2, 0.25) is 0 Å². The van der Waals surface area contributed by atoms with Gasteiger partial charge >= 0.3 is 12.5 Å². The van der Waals surface area contributed by atoms with Crippen LogP contribution >= 0.6 is 0 Å². The largest absolute Gasteiger partial charge is 0.461 e. The molecule has 0 unspecified atom stereocenters. The average molecular weight is 615 g/mol. The maximum Gasteiger partial charge on any atom is 0.461 e. The second-order valence-corrected chi connectivity index (χ2v) is 10.3. The quantitative estimate of drug-likeness (QED) is 0.197. The lowest BCUT2D eigenvalue weighted by molar-refractivity contribution is -0.253. The van der Waals surface area contributed by atoms with Crippen LogP contribution in [0.3, 0.4) is 0 Å². The summed E-state index contributed by atoms with van der Waals surface area (Å²) in [4.78, 5) is 16.0. The van der Waals surface area contributed by atoms with Gasteiger partial charge in [0.05, 0.1) is 18.8 Å². The summed E-state index contributed by atoms with van der Waals surface area (Å²) in [6.07, 6.45) is -9.14. The number of nitrogens with zero attached hydrogens (tertiary/aromatic N) is 1. The smallest absolute Gasteiger partial charge is 0.428 e. The molecule has 0 aromatic heterocycles. The zero-order chi connectivity index (χ0) is 31.3. The fourth-order valence-corrected chi connectivity index (χ4v) is 5.18. The SMILES string of the molecule is O=C(N[C@](Cc1ccccc1)(c1ccc(F)cc1)c1cc(F)cc(OC(F)(F)C(F)F)c1)c1ccc(N2CCOCC2)cc1. The second-order valence-electron chi connectivity index (χ2n) is 10.3. The van der Waals surface area contributed by atoms with Crippen molar-refractivity contribution >= 4 is 11.6 Å². The summed E-state index contributed by atoms with van der Waals surface area (Å²) in [6, 6.07) is 23.0. The predicted octanol–water partition coefficient (Wildman–Crippen LogP) is 6.95. The van der Waals surface area contributed by atoms with E-state index in [-0.39, 0.29) is 23.1 Å². The van der Waals surface area contributed by atoms with Crippen molar-refractivity contribution in [1.29, 1.82) is 0 Å². The summed E-state index contributed by atoms with van der Waals surface area (Å²) in [5.41, 5.74) is 0.244. The molecule has 4 aromatic carbocycles. The van der Waals surface area contributed by atoms with Crippen molar-refractivity contribution in [2.75, 3.05) is 31.2 Å². The van der Waals surface area contributed by atoms with Crippen molar-refractivity contribution in [3.05, 3.63) is 131 Å². The monoisotopic (exact) mass is 614 g/mol. The molecule has 0 spiro atoms. The summed E-state index contributed by atoms with van der Waals surface area (Å²) >= 11 is 0. The minimum Gasteiger partial charge on any atom is -0.428 e. The van der Waals surface area contributed by atoms with Crippen LogP contribution in [-0.4, -0.2) is 44.7 Å². The van der Waals surface area contributed by atoms with Crippen molar-refractivity contribution in [1.82, 2.24) is 5.32 Å². The first-order valence-electron chi connectivity index (χ1n) is 13.8. The van der Waals surface area contributed by atoms with E-state index in [9.17, 15) is 26.7 Å². The molecule has 5 rings (SSSR count). The van der Waals surface area contributed by atoms with E-state index in [2.05, 4.69) is 15.0 Å². The first-order chi connectivity index (χ1) is 21.1. The Morgan fingerprint density at radius 3 is 2.14 bits per heavy atom. The molecule has 5 nitrogen and oxygen atoms in total. The number of hydrogen-bond donors (Lipinski definition) is 1. The number of morpholine rings is 1. The standard InChI is InChI=1S/C33H28F6N2O3/c34-26-10-8-24(9-11-26)32(21-22-4-2-1-3-5-22,25-18-27(35)20-29(19-25)44-33(38,39)31(36)37)40-30(42)23-6-12-28(13-7-23)41-14-16-43-17-15-41/h1-13,18-20,31H,14-17,21H2,(H,40,42)/t32-/m1/s1. The number of carbonyl (C=O) groups is 1. The highest BCUT2D eigenvalue weighted by Crippen LogP contribution is 2.38. The first kappa shape index (κ1) is 30.9. The topological polar surface area (TPSA) is 50.8 Å². The lowest BCUT2D eigenvalue weighted by Gasteiger charge is -2.37. The number of ether oxygens (including phenoxy) is 2. The summed E-state index contributed by atoms with van der Waals surface area (Å²) in [6.45, 7) is 2.52. The van der Waals surface area contributed by atoms with Gasteiger partial charge in [-0.1, -0.05) is 42.5 Å². The lowest BCUT2D eigenvalue weighted by atomic mass is 9.77. The lowest BCUT2D eigenvalue weighted by Crippen LogP contribution is -2.48. The Labute approximate surface area is 250 Å². The van der Waals surface area contributed by atoms with E-state index in [0.717, 1.165) is 30.0 Å². The van der Waals surface area contributed by atoms with Gasteiger partial charge in [-0.15, -0.1) is 0 Å². The molecule has 1 N–H and O–H groups in total. The molecule has 1 heterocycles. The third kappa shape index (κ3) is 6.99. The second kappa shape index (κ2) is 13.0. The van der Waals surface area contributed by atoms with Gasteiger partial charge in [0.1, 0.15) is 17.4 Å². The van der Waals surface area contributed by atoms with Crippen molar-refractivity contribution in [3.63, 3.8) is 0 Å². The first-order valence-corrected chi connectivity index (χ1v) is 13.8. The number of nitrogens with one attached hydrogen (secondary N) is 1. The summed E-state index contributed by atoms with van der Waals surface area (Å²) in [5.74, 6) is -3.16. The van der Waals surface area contributed by atoms with Crippen LogP contribution in [0.15, 0.2) is 97.1 Å². The number of benzene rings is 4. The van der Waals surface area contributed by atoms with E-state index in [1.54, 1.807) is 54.6 Å². The molecule has 230 valence electrons. The molecule has 11 heteroatoms.